The fourth-order valence-corrected chi connectivity index (χ4v) is 6.63. The number of rotatable bonds is 3. The zero-order chi connectivity index (χ0) is 17.5. The summed E-state index contributed by atoms with van der Waals surface area (Å²) in [5.41, 5.74) is 1.25. The van der Waals surface area contributed by atoms with E-state index in [9.17, 15) is 4.79 Å². The first-order chi connectivity index (χ1) is 12.8. The van der Waals surface area contributed by atoms with Gasteiger partial charge >= 0.3 is 0 Å². The lowest BCUT2D eigenvalue weighted by Gasteiger charge is -2.35. The van der Waals surface area contributed by atoms with Crippen LogP contribution in [0.1, 0.15) is 61.9 Å². The molecule has 0 radical (unpaired) electrons. The standard InChI is InChI=1S/C20H30N4OS/c25-19(10-14-4-2-1-3-5-14)23-9-8-17-18(13-23)26-20(22-17)24-15-6-7-16(24)12-21-11-15/h14-16,21H,1-13H2. The van der Waals surface area contributed by atoms with Gasteiger partial charge in [0, 0.05) is 49.4 Å². The van der Waals surface area contributed by atoms with Crippen molar-refractivity contribution in [2.24, 2.45) is 5.92 Å². The first-order valence-electron chi connectivity index (χ1n) is 10.5. The minimum absolute atomic E-state index is 0.375. The monoisotopic (exact) mass is 374 g/mol. The van der Waals surface area contributed by atoms with Crippen LogP contribution in [0.3, 0.4) is 0 Å². The molecule has 3 fully saturated rings. The molecule has 1 N–H and O–H groups in total. The molecular formula is C20H30N4OS. The summed E-state index contributed by atoms with van der Waals surface area (Å²) >= 11 is 1.85. The molecule has 1 saturated carbocycles. The van der Waals surface area contributed by atoms with Gasteiger partial charge in [0.1, 0.15) is 0 Å². The van der Waals surface area contributed by atoms with E-state index in [1.165, 1.54) is 60.6 Å². The van der Waals surface area contributed by atoms with Gasteiger partial charge in [0.25, 0.3) is 0 Å². The Bertz CT molecular complexity index is 653. The smallest absolute Gasteiger partial charge is 0.223 e. The normalized spacial score (nSPS) is 29.1. The third kappa shape index (κ3) is 3.15. The fourth-order valence-electron chi connectivity index (χ4n) is 5.36. The van der Waals surface area contributed by atoms with Gasteiger partial charge in [0.2, 0.25) is 5.91 Å². The number of hydrogen-bond acceptors (Lipinski definition) is 5. The summed E-state index contributed by atoms with van der Waals surface area (Å²) in [6, 6.07) is 1.23. The molecule has 1 amide bonds. The predicted octanol–water partition coefficient (Wildman–Crippen LogP) is 2.94. The molecule has 1 aromatic rings. The maximum atomic E-state index is 12.8. The molecule has 6 heteroatoms. The number of nitrogens with one attached hydrogen (secondary N) is 1. The average Bonchev–Trinajstić information content (AvgIpc) is 3.19. The van der Waals surface area contributed by atoms with Crippen LogP contribution in [0.4, 0.5) is 5.13 Å². The first-order valence-corrected chi connectivity index (χ1v) is 11.3. The van der Waals surface area contributed by atoms with E-state index in [0.717, 1.165) is 39.0 Å². The number of carbonyl (C=O) groups is 1. The molecule has 2 unspecified atom stereocenters. The summed E-state index contributed by atoms with van der Waals surface area (Å²) in [6.45, 7) is 3.83. The van der Waals surface area contributed by atoms with Crippen LogP contribution in [0.5, 0.6) is 0 Å². The highest BCUT2D eigenvalue weighted by Crippen LogP contribution is 2.38. The van der Waals surface area contributed by atoms with E-state index in [1.54, 1.807) is 0 Å². The average molecular weight is 375 g/mol. The molecule has 2 bridgehead atoms. The Morgan fingerprint density at radius 2 is 1.88 bits per heavy atom. The van der Waals surface area contributed by atoms with Crippen molar-refractivity contribution in [2.75, 3.05) is 24.5 Å². The molecule has 1 aliphatic carbocycles. The largest absolute Gasteiger partial charge is 0.340 e. The van der Waals surface area contributed by atoms with Crippen molar-refractivity contribution < 1.29 is 4.79 Å². The Morgan fingerprint density at radius 3 is 2.65 bits per heavy atom. The second kappa shape index (κ2) is 7.12. The highest BCUT2D eigenvalue weighted by molar-refractivity contribution is 7.15. The van der Waals surface area contributed by atoms with Gasteiger partial charge in [-0.2, -0.15) is 0 Å². The van der Waals surface area contributed by atoms with Crippen LogP contribution in [0.15, 0.2) is 0 Å². The van der Waals surface area contributed by atoms with Crippen molar-refractivity contribution >= 4 is 22.4 Å². The van der Waals surface area contributed by atoms with E-state index in [1.807, 2.05) is 11.3 Å². The molecule has 26 heavy (non-hydrogen) atoms. The molecule has 4 aliphatic rings. The molecule has 2 atom stereocenters. The highest BCUT2D eigenvalue weighted by atomic mass is 32.1. The number of nitrogens with zero attached hydrogens (tertiary/aromatic N) is 3. The molecule has 5 rings (SSSR count). The minimum atomic E-state index is 0.375. The van der Waals surface area contributed by atoms with Crippen molar-refractivity contribution in [2.45, 2.75) is 76.4 Å². The summed E-state index contributed by atoms with van der Waals surface area (Å²) in [6.07, 6.45) is 10.8. The van der Waals surface area contributed by atoms with Gasteiger partial charge in [-0.3, -0.25) is 4.79 Å². The number of aromatic nitrogens is 1. The lowest BCUT2D eigenvalue weighted by molar-refractivity contribution is -0.133. The van der Waals surface area contributed by atoms with Crippen molar-refractivity contribution in [3.8, 4) is 0 Å². The van der Waals surface area contributed by atoms with Crippen LogP contribution in [-0.2, 0) is 17.8 Å². The number of fused-ring (bicyclic) bond motifs is 3. The summed E-state index contributed by atoms with van der Waals surface area (Å²) in [4.78, 5) is 23.8. The van der Waals surface area contributed by atoms with Crippen LogP contribution in [0.2, 0.25) is 0 Å². The number of thiazole rings is 1. The molecule has 4 heterocycles. The molecule has 2 saturated heterocycles. The minimum Gasteiger partial charge on any atom is -0.340 e. The third-order valence-electron chi connectivity index (χ3n) is 6.86. The van der Waals surface area contributed by atoms with Crippen LogP contribution >= 0.6 is 11.3 Å². The van der Waals surface area contributed by atoms with E-state index >= 15 is 0 Å². The molecule has 0 aromatic carbocycles. The zero-order valence-corrected chi connectivity index (χ0v) is 16.4. The van der Waals surface area contributed by atoms with Gasteiger partial charge in [-0.15, -0.1) is 0 Å². The summed E-state index contributed by atoms with van der Waals surface area (Å²) in [5.74, 6) is 1.01. The summed E-state index contributed by atoms with van der Waals surface area (Å²) in [5, 5.41) is 4.76. The van der Waals surface area contributed by atoms with E-state index in [2.05, 4.69) is 15.1 Å². The van der Waals surface area contributed by atoms with Gasteiger partial charge in [-0.1, -0.05) is 30.6 Å². The van der Waals surface area contributed by atoms with Crippen molar-refractivity contribution in [1.82, 2.24) is 15.2 Å². The van der Waals surface area contributed by atoms with Gasteiger partial charge in [-0.05, 0) is 31.6 Å². The second-order valence-electron chi connectivity index (χ2n) is 8.59. The molecule has 3 aliphatic heterocycles. The van der Waals surface area contributed by atoms with Gasteiger partial charge in [-0.25, -0.2) is 4.98 Å². The molecule has 142 valence electrons. The predicted molar refractivity (Wildman–Crippen MR) is 105 cm³/mol. The Hall–Kier alpha value is -1.14. The van der Waals surface area contributed by atoms with E-state index in [0.29, 0.717) is 23.9 Å². The molecule has 5 nitrogen and oxygen atoms in total. The number of carbonyl (C=O) groups excluding carboxylic acids is 1. The first kappa shape index (κ1) is 17.0. The van der Waals surface area contributed by atoms with Crippen molar-refractivity contribution in [1.29, 1.82) is 0 Å². The van der Waals surface area contributed by atoms with Crippen LogP contribution in [0.25, 0.3) is 0 Å². The van der Waals surface area contributed by atoms with Crippen LogP contribution in [-0.4, -0.2) is 47.5 Å². The summed E-state index contributed by atoms with van der Waals surface area (Å²) in [7, 11) is 0. The van der Waals surface area contributed by atoms with Crippen LogP contribution in [0, 0.1) is 5.92 Å². The van der Waals surface area contributed by atoms with E-state index in [-0.39, 0.29) is 0 Å². The lowest BCUT2D eigenvalue weighted by atomic mass is 9.86. The zero-order valence-electron chi connectivity index (χ0n) is 15.6. The number of piperazine rings is 1. The number of hydrogen-bond donors (Lipinski definition) is 1. The molecule has 1 aromatic heterocycles. The Morgan fingerprint density at radius 1 is 1.12 bits per heavy atom. The maximum Gasteiger partial charge on any atom is 0.223 e. The maximum absolute atomic E-state index is 12.8. The third-order valence-corrected chi connectivity index (χ3v) is 7.96. The highest BCUT2D eigenvalue weighted by Gasteiger charge is 2.39. The van der Waals surface area contributed by atoms with Gasteiger partial charge < -0.3 is 15.1 Å². The van der Waals surface area contributed by atoms with Crippen molar-refractivity contribution in [3.05, 3.63) is 10.6 Å². The Balaban J connectivity index is 1.26. The Kier molecular flexibility index (Phi) is 4.65. The van der Waals surface area contributed by atoms with Crippen molar-refractivity contribution in [3.63, 3.8) is 0 Å². The second-order valence-corrected chi connectivity index (χ2v) is 9.65. The SMILES string of the molecule is O=C(CC1CCCCC1)N1CCc2nc(N3C4CCC3CNC4)sc2C1. The number of amides is 1. The lowest BCUT2D eigenvalue weighted by Crippen LogP contribution is -2.51. The van der Waals surface area contributed by atoms with Gasteiger partial charge in [0.15, 0.2) is 5.13 Å². The van der Waals surface area contributed by atoms with Crippen LogP contribution < -0.4 is 10.2 Å². The molecular weight excluding hydrogens is 344 g/mol. The summed E-state index contributed by atoms with van der Waals surface area (Å²) < 4.78 is 0. The Labute approximate surface area is 160 Å². The van der Waals surface area contributed by atoms with E-state index in [4.69, 9.17) is 4.98 Å². The fraction of sp³-hybridized carbons (Fsp3) is 0.800. The van der Waals surface area contributed by atoms with E-state index < -0.39 is 0 Å². The van der Waals surface area contributed by atoms with Gasteiger partial charge in [0.05, 0.1) is 12.2 Å². The topological polar surface area (TPSA) is 48.5 Å². The molecule has 0 spiro atoms. The quantitative estimate of drug-likeness (QED) is 0.884. The number of anilines is 1.